The van der Waals surface area contributed by atoms with Gasteiger partial charge in [-0.2, -0.15) is 0 Å². The number of nitrogens with zero attached hydrogens (tertiary/aromatic N) is 2. The number of alkyl halides is 2. The summed E-state index contributed by atoms with van der Waals surface area (Å²) in [6.45, 7) is 0. The molecule has 0 atom stereocenters. The number of aromatic nitrogens is 4. The van der Waals surface area contributed by atoms with Crippen LogP contribution in [0.25, 0.3) is 22.1 Å². The molecule has 2 aromatic carbocycles. The molecule has 0 radical (unpaired) electrons. The first-order valence-electron chi connectivity index (χ1n) is 7.02. The molecule has 7 heteroatoms. The lowest BCUT2D eigenvalue weighted by Gasteiger charge is -2.05. The van der Waals surface area contributed by atoms with Crippen LogP contribution in [0.3, 0.4) is 0 Å². The summed E-state index contributed by atoms with van der Waals surface area (Å²) >= 11 is 11.6. The van der Waals surface area contributed by atoms with Gasteiger partial charge in [0.1, 0.15) is 23.1 Å². The van der Waals surface area contributed by atoms with Gasteiger partial charge in [0.05, 0.1) is 33.8 Å². The predicted molar refractivity (Wildman–Crippen MR) is 91.4 cm³/mol. The summed E-state index contributed by atoms with van der Waals surface area (Å²) in [5.74, 6) is 3.63. The number of halogens is 2. The van der Waals surface area contributed by atoms with Gasteiger partial charge in [0, 0.05) is 12.1 Å². The van der Waals surface area contributed by atoms with Crippen molar-refractivity contribution in [2.75, 3.05) is 0 Å². The minimum absolute atomic E-state index is 0.351. The predicted octanol–water partition coefficient (Wildman–Crippen LogP) is 4.71. The maximum absolute atomic E-state index is 5.92. The number of rotatable bonds is 4. The number of ether oxygens (including phenoxy) is 1. The lowest BCUT2D eigenvalue weighted by molar-refractivity contribution is 0.484. The number of nitrogens with one attached hydrogen (secondary N) is 2. The average molecular weight is 347 g/mol. The van der Waals surface area contributed by atoms with Gasteiger partial charge in [0.25, 0.3) is 0 Å². The van der Waals surface area contributed by atoms with Crippen LogP contribution in [0.15, 0.2) is 36.4 Å². The SMILES string of the molecule is ClCc1nc2ccc(Oc3ccc4nc(CCl)[nH]c4c3)cc2[nH]1. The molecule has 0 aliphatic heterocycles. The summed E-state index contributed by atoms with van der Waals surface area (Å²) in [4.78, 5) is 15.0. The van der Waals surface area contributed by atoms with Crippen LogP contribution in [-0.4, -0.2) is 19.9 Å². The van der Waals surface area contributed by atoms with E-state index in [2.05, 4.69) is 19.9 Å². The molecule has 2 heterocycles. The molecule has 116 valence electrons. The molecule has 0 saturated heterocycles. The Balaban J connectivity index is 1.66. The van der Waals surface area contributed by atoms with E-state index >= 15 is 0 Å². The average Bonchev–Trinajstić information content (AvgIpc) is 3.16. The molecule has 0 aliphatic carbocycles. The number of fused-ring (bicyclic) bond motifs is 2. The molecule has 0 saturated carbocycles. The van der Waals surface area contributed by atoms with Gasteiger partial charge in [-0.05, 0) is 24.3 Å². The normalized spacial score (nSPS) is 11.4. The highest BCUT2D eigenvalue weighted by Gasteiger charge is 2.07. The first-order valence-corrected chi connectivity index (χ1v) is 8.09. The van der Waals surface area contributed by atoms with Gasteiger partial charge < -0.3 is 14.7 Å². The van der Waals surface area contributed by atoms with Crippen LogP contribution in [0.2, 0.25) is 0 Å². The largest absolute Gasteiger partial charge is 0.457 e. The van der Waals surface area contributed by atoms with E-state index in [1.807, 2.05) is 36.4 Å². The zero-order chi connectivity index (χ0) is 15.8. The lowest BCUT2D eigenvalue weighted by atomic mass is 10.3. The van der Waals surface area contributed by atoms with Gasteiger partial charge >= 0.3 is 0 Å². The second kappa shape index (κ2) is 5.76. The molecule has 5 nitrogen and oxygen atoms in total. The number of benzene rings is 2. The fraction of sp³-hybridized carbons (Fsp3) is 0.125. The van der Waals surface area contributed by atoms with Crippen molar-refractivity contribution in [3.63, 3.8) is 0 Å². The molecule has 0 unspecified atom stereocenters. The smallest absolute Gasteiger partial charge is 0.129 e. The van der Waals surface area contributed by atoms with Crippen LogP contribution in [0.5, 0.6) is 11.5 Å². The highest BCUT2D eigenvalue weighted by atomic mass is 35.5. The van der Waals surface area contributed by atoms with E-state index in [9.17, 15) is 0 Å². The minimum Gasteiger partial charge on any atom is -0.457 e. The van der Waals surface area contributed by atoms with E-state index in [1.165, 1.54) is 0 Å². The molecule has 4 rings (SSSR count). The summed E-state index contributed by atoms with van der Waals surface area (Å²) in [5.41, 5.74) is 3.52. The molecule has 23 heavy (non-hydrogen) atoms. The van der Waals surface area contributed by atoms with Crippen molar-refractivity contribution in [3.05, 3.63) is 48.0 Å². The van der Waals surface area contributed by atoms with Crippen LogP contribution in [-0.2, 0) is 11.8 Å². The second-order valence-corrected chi connectivity index (χ2v) is 5.63. The lowest BCUT2D eigenvalue weighted by Crippen LogP contribution is -1.84. The van der Waals surface area contributed by atoms with Gasteiger partial charge in [-0.1, -0.05) is 0 Å². The first-order chi connectivity index (χ1) is 11.2. The summed E-state index contributed by atoms with van der Waals surface area (Å²) in [5, 5.41) is 0. The number of H-pyrrole nitrogens is 2. The van der Waals surface area contributed by atoms with Crippen LogP contribution in [0, 0.1) is 0 Å². The summed E-state index contributed by atoms with van der Waals surface area (Å²) in [6.07, 6.45) is 0. The maximum atomic E-state index is 5.92. The number of hydrogen-bond donors (Lipinski definition) is 2. The fourth-order valence-corrected chi connectivity index (χ4v) is 2.73. The molecule has 2 aromatic heterocycles. The van der Waals surface area contributed by atoms with Gasteiger partial charge in [0.15, 0.2) is 0 Å². The van der Waals surface area contributed by atoms with Gasteiger partial charge in [0.2, 0.25) is 0 Å². The Bertz CT molecular complexity index is 912. The Labute approximate surface area is 141 Å². The maximum Gasteiger partial charge on any atom is 0.129 e. The standard InChI is InChI=1S/C16H12Cl2N4O/c17-7-15-19-11-3-1-9(5-13(11)21-15)23-10-2-4-12-14(6-10)22-16(8-18)20-12/h1-6H,7-8H2,(H,19,21)(H,20,22). The van der Waals surface area contributed by atoms with Crippen LogP contribution < -0.4 is 4.74 Å². The molecule has 4 aromatic rings. The Morgan fingerprint density at radius 2 is 1.26 bits per heavy atom. The highest BCUT2D eigenvalue weighted by molar-refractivity contribution is 6.17. The third-order valence-electron chi connectivity index (χ3n) is 3.49. The van der Waals surface area contributed by atoms with Crippen molar-refractivity contribution < 1.29 is 4.74 Å². The summed E-state index contributed by atoms with van der Waals surface area (Å²) in [6, 6.07) is 11.4. The van der Waals surface area contributed by atoms with Gasteiger partial charge in [-0.3, -0.25) is 0 Å². The van der Waals surface area contributed by atoms with Crippen LogP contribution in [0.1, 0.15) is 11.6 Å². The van der Waals surface area contributed by atoms with E-state index in [-0.39, 0.29) is 0 Å². The van der Waals surface area contributed by atoms with E-state index in [0.29, 0.717) is 11.8 Å². The Kier molecular flexibility index (Phi) is 3.59. The van der Waals surface area contributed by atoms with Crippen molar-refractivity contribution in [1.29, 1.82) is 0 Å². The first kappa shape index (κ1) is 14.4. The Morgan fingerprint density at radius 3 is 1.70 bits per heavy atom. The van der Waals surface area contributed by atoms with E-state index in [1.54, 1.807) is 0 Å². The van der Waals surface area contributed by atoms with Gasteiger partial charge in [-0.25, -0.2) is 9.97 Å². The zero-order valence-corrected chi connectivity index (χ0v) is 13.4. The van der Waals surface area contributed by atoms with Crippen molar-refractivity contribution in [1.82, 2.24) is 19.9 Å². The van der Waals surface area contributed by atoms with E-state index < -0.39 is 0 Å². The Morgan fingerprint density at radius 1 is 0.783 bits per heavy atom. The second-order valence-electron chi connectivity index (χ2n) is 5.09. The molecule has 0 bridgehead atoms. The number of imidazole rings is 2. The Hall–Kier alpha value is -2.24. The number of hydrogen-bond acceptors (Lipinski definition) is 3. The minimum atomic E-state index is 0.351. The van der Waals surface area contributed by atoms with Gasteiger partial charge in [-0.15, -0.1) is 23.2 Å². The molecule has 0 amide bonds. The van der Waals surface area contributed by atoms with Crippen molar-refractivity contribution in [3.8, 4) is 11.5 Å². The van der Waals surface area contributed by atoms with Crippen molar-refractivity contribution >= 4 is 45.3 Å². The number of aromatic amines is 2. The fourth-order valence-electron chi connectivity index (χ4n) is 2.47. The monoisotopic (exact) mass is 346 g/mol. The molecule has 2 N–H and O–H groups in total. The molecule has 0 aliphatic rings. The molecule has 0 spiro atoms. The van der Waals surface area contributed by atoms with Crippen LogP contribution >= 0.6 is 23.2 Å². The quantitative estimate of drug-likeness (QED) is 0.526. The van der Waals surface area contributed by atoms with E-state index in [0.717, 1.165) is 45.2 Å². The van der Waals surface area contributed by atoms with E-state index in [4.69, 9.17) is 27.9 Å². The summed E-state index contributed by atoms with van der Waals surface area (Å²) < 4.78 is 5.92. The topological polar surface area (TPSA) is 66.6 Å². The molecular formula is C16H12Cl2N4O. The van der Waals surface area contributed by atoms with Crippen molar-refractivity contribution in [2.45, 2.75) is 11.8 Å². The van der Waals surface area contributed by atoms with Crippen LogP contribution in [0.4, 0.5) is 0 Å². The summed E-state index contributed by atoms with van der Waals surface area (Å²) in [7, 11) is 0. The zero-order valence-electron chi connectivity index (χ0n) is 11.9. The van der Waals surface area contributed by atoms with Crippen molar-refractivity contribution in [2.24, 2.45) is 0 Å². The molecular weight excluding hydrogens is 335 g/mol. The third kappa shape index (κ3) is 2.73. The highest BCUT2D eigenvalue weighted by Crippen LogP contribution is 2.27. The molecule has 0 fully saturated rings. The third-order valence-corrected chi connectivity index (χ3v) is 4.00.